The second kappa shape index (κ2) is 4.72. The van der Waals surface area contributed by atoms with Gasteiger partial charge in [0, 0.05) is 17.8 Å². The lowest BCUT2D eigenvalue weighted by Gasteiger charge is -2.18. The Balaban J connectivity index is 1.95. The minimum atomic E-state index is 0.0562. The van der Waals surface area contributed by atoms with Crippen molar-refractivity contribution in [2.45, 2.75) is 12.5 Å². The van der Waals surface area contributed by atoms with Crippen LogP contribution in [0.5, 0.6) is 5.75 Å². The molecule has 0 fully saturated rings. The average Bonchev–Trinajstić information content (AvgIpc) is 2.33. The van der Waals surface area contributed by atoms with E-state index in [2.05, 4.69) is 5.43 Å². The van der Waals surface area contributed by atoms with E-state index in [-0.39, 0.29) is 6.10 Å². The number of nitrogen functional groups attached to an aromatic ring is 1. The van der Waals surface area contributed by atoms with Gasteiger partial charge in [-0.05, 0) is 36.4 Å². The van der Waals surface area contributed by atoms with Gasteiger partial charge in [-0.2, -0.15) is 0 Å². The van der Waals surface area contributed by atoms with E-state index in [1.54, 1.807) is 0 Å². The lowest BCUT2D eigenvalue weighted by Crippen LogP contribution is -2.23. The summed E-state index contributed by atoms with van der Waals surface area (Å²) in [5.41, 5.74) is 9.84. The van der Waals surface area contributed by atoms with Crippen LogP contribution in [-0.4, -0.2) is 6.10 Å². The molecule has 1 aromatic rings. The summed E-state index contributed by atoms with van der Waals surface area (Å²) >= 11 is 0. The lowest BCUT2D eigenvalue weighted by atomic mass is 10.1. The number of rotatable bonds is 3. The van der Waals surface area contributed by atoms with Crippen molar-refractivity contribution < 1.29 is 4.74 Å². The molecule has 0 aliphatic heterocycles. The van der Waals surface area contributed by atoms with Crippen LogP contribution >= 0.6 is 0 Å². The van der Waals surface area contributed by atoms with Crippen molar-refractivity contribution in [2.75, 3.05) is 5.73 Å². The van der Waals surface area contributed by atoms with E-state index in [1.165, 1.54) is 0 Å². The molecule has 1 aliphatic rings. The molecule has 4 heteroatoms. The molecule has 4 nitrogen and oxygen atoms in total. The maximum absolute atomic E-state index is 5.75. The fourth-order valence-electron chi connectivity index (χ4n) is 1.52. The molecule has 0 saturated carbocycles. The summed E-state index contributed by atoms with van der Waals surface area (Å²) in [6, 6.07) is 7.38. The first-order chi connectivity index (χ1) is 7.78. The molecule has 0 bridgehead atoms. The van der Waals surface area contributed by atoms with E-state index in [9.17, 15) is 0 Å². The molecule has 0 heterocycles. The smallest absolute Gasteiger partial charge is 0.121 e. The van der Waals surface area contributed by atoms with Crippen LogP contribution in [0.25, 0.3) is 0 Å². The first-order valence-corrected chi connectivity index (χ1v) is 5.15. The predicted octanol–water partition coefficient (Wildman–Crippen LogP) is 1.32. The number of nitrogens with two attached hydrogens (primary N) is 2. The quantitative estimate of drug-likeness (QED) is 0.405. The normalized spacial score (nSPS) is 19.1. The molecule has 0 aromatic heterocycles. The fraction of sp³-hybridized carbons (Fsp3) is 0.167. The molecular formula is C12H15N3O. The van der Waals surface area contributed by atoms with Crippen LogP contribution in [0.4, 0.5) is 5.69 Å². The van der Waals surface area contributed by atoms with Crippen LogP contribution in [0, 0.1) is 0 Å². The maximum Gasteiger partial charge on any atom is 0.121 e. The highest BCUT2D eigenvalue weighted by molar-refractivity contribution is 5.41. The zero-order valence-electron chi connectivity index (χ0n) is 8.89. The Morgan fingerprint density at radius 1 is 1.25 bits per heavy atom. The summed E-state index contributed by atoms with van der Waals surface area (Å²) in [4.78, 5) is 0. The summed E-state index contributed by atoms with van der Waals surface area (Å²) in [7, 11) is 0. The monoisotopic (exact) mass is 217 g/mol. The van der Waals surface area contributed by atoms with Crippen LogP contribution in [0.2, 0.25) is 0 Å². The Kier molecular flexibility index (Phi) is 3.12. The summed E-state index contributed by atoms with van der Waals surface area (Å²) in [6.45, 7) is 0. The third kappa shape index (κ3) is 2.55. The van der Waals surface area contributed by atoms with Gasteiger partial charge in [-0.15, -0.1) is 0 Å². The third-order valence-electron chi connectivity index (χ3n) is 2.39. The number of benzene rings is 1. The summed E-state index contributed by atoms with van der Waals surface area (Å²) in [6.07, 6.45) is 6.75. The average molecular weight is 217 g/mol. The second-order valence-corrected chi connectivity index (χ2v) is 3.62. The van der Waals surface area contributed by atoms with Crippen LogP contribution in [-0.2, 0) is 0 Å². The number of hydrogen-bond donors (Lipinski definition) is 3. The molecule has 0 amide bonds. The molecule has 1 aliphatic carbocycles. The molecule has 0 radical (unpaired) electrons. The molecule has 5 N–H and O–H groups in total. The molecule has 16 heavy (non-hydrogen) atoms. The molecule has 1 atom stereocenters. The predicted molar refractivity (Wildman–Crippen MR) is 64.4 cm³/mol. The molecule has 0 saturated heterocycles. The van der Waals surface area contributed by atoms with Gasteiger partial charge in [0.05, 0.1) is 0 Å². The Labute approximate surface area is 94.5 Å². The highest BCUT2D eigenvalue weighted by atomic mass is 16.5. The number of hydrazine groups is 1. The topological polar surface area (TPSA) is 73.3 Å². The van der Waals surface area contributed by atoms with Gasteiger partial charge in [0.25, 0.3) is 0 Å². The summed E-state index contributed by atoms with van der Waals surface area (Å²) in [5, 5.41) is 0. The number of hydrogen-bond acceptors (Lipinski definition) is 4. The number of nitrogens with one attached hydrogen (secondary N) is 1. The van der Waals surface area contributed by atoms with E-state index < -0.39 is 0 Å². The number of anilines is 1. The van der Waals surface area contributed by atoms with Crippen molar-refractivity contribution in [3.63, 3.8) is 0 Å². The van der Waals surface area contributed by atoms with Crippen LogP contribution < -0.4 is 21.7 Å². The van der Waals surface area contributed by atoms with Gasteiger partial charge in [-0.1, -0.05) is 6.08 Å². The van der Waals surface area contributed by atoms with Gasteiger partial charge in [-0.25, -0.2) is 0 Å². The molecular weight excluding hydrogens is 202 g/mol. The van der Waals surface area contributed by atoms with Crippen molar-refractivity contribution >= 4 is 5.69 Å². The largest absolute Gasteiger partial charge is 0.486 e. The van der Waals surface area contributed by atoms with Gasteiger partial charge in [0.1, 0.15) is 11.9 Å². The molecule has 1 aromatic carbocycles. The first-order valence-electron chi connectivity index (χ1n) is 5.15. The van der Waals surface area contributed by atoms with E-state index in [0.717, 1.165) is 23.6 Å². The lowest BCUT2D eigenvalue weighted by molar-refractivity contribution is 0.251. The van der Waals surface area contributed by atoms with E-state index in [4.69, 9.17) is 16.3 Å². The minimum absolute atomic E-state index is 0.0562. The molecule has 2 rings (SSSR count). The third-order valence-corrected chi connectivity index (χ3v) is 2.39. The summed E-state index contributed by atoms with van der Waals surface area (Å²) < 4.78 is 5.75. The van der Waals surface area contributed by atoms with E-state index in [1.807, 2.05) is 42.5 Å². The number of ether oxygens (including phenoxy) is 1. The molecule has 0 unspecified atom stereocenters. The van der Waals surface area contributed by atoms with Gasteiger partial charge in [0.15, 0.2) is 0 Å². The van der Waals surface area contributed by atoms with E-state index >= 15 is 0 Å². The minimum Gasteiger partial charge on any atom is -0.486 e. The number of allylic oxidation sites excluding steroid dienone is 1. The van der Waals surface area contributed by atoms with Crippen LogP contribution in [0.3, 0.4) is 0 Å². The Bertz CT molecular complexity index is 409. The Morgan fingerprint density at radius 2 is 2.00 bits per heavy atom. The van der Waals surface area contributed by atoms with Crippen molar-refractivity contribution in [3.05, 3.63) is 48.2 Å². The molecule has 0 spiro atoms. The van der Waals surface area contributed by atoms with Crippen LogP contribution in [0.1, 0.15) is 6.42 Å². The molecule has 84 valence electrons. The van der Waals surface area contributed by atoms with Crippen molar-refractivity contribution in [1.29, 1.82) is 0 Å². The Morgan fingerprint density at radius 3 is 2.56 bits per heavy atom. The van der Waals surface area contributed by atoms with Gasteiger partial charge >= 0.3 is 0 Å². The zero-order valence-corrected chi connectivity index (χ0v) is 8.89. The highest BCUT2D eigenvalue weighted by Gasteiger charge is 2.09. The van der Waals surface area contributed by atoms with Crippen LogP contribution in [0.15, 0.2) is 48.2 Å². The van der Waals surface area contributed by atoms with Crippen molar-refractivity contribution in [2.24, 2.45) is 5.84 Å². The first kappa shape index (κ1) is 10.6. The van der Waals surface area contributed by atoms with Gasteiger partial charge in [-0.3, -0.25) is 5.84 Å². The highest BCUT2D eigenvalue weighted by Crippen LogP contribution is 2.18. The van der Waals surface area contributed by atoms with Crippen molar-refractivity contribution in [3.8, 4) is 5.75 Å². The van der Waals surface area contributed by atoms with Gasteiger partial charge < -0.3 is 15.9 Å². The fourth-order valence-corrected chi connectivity index (χ4v) is 1.52. The standard InChI is InChI=1S/C12H15N3O/c13-9-1-5-11(6-2-9)16-12-7-3-10(15-14)4-8-12/h1-7,12,15H,8,13-14H2/t12-/m0/s1. The SMILES string of the molecule is NNC1=CC[C@@H](Oc2ccc(N)cc2)C=C1. The van der Waals surface area contributed by atoms with E-state index in [0.29, 0.717) is 0 Å². The van der Waals surface area contributed by atoms with Gasteiger partial charge in [0.2, 0.25) is 0 Å². The maximum atomic E-state index is 5.75. The van der Waals surface area contributed by atoms with Crippen molar-refractivity contribution in [1.82, 2.24) is 5.43 Å². The second-order valence-electron chi connectivity index (χ2n) is 3.62. The zero-order chi connectivity index (χ0) is 11.4. The summed E-state index contributed by atoms with van der Waals surface area (Å²) in [5.74, 6) is 6.11. The Hall–Kier alpha value is -1.94.